The fraction of sp³-hybridized carbons (Fsp3) is 0.188. The van der Waals surface area contributed by atoms with Crippen molar-refractivity contribution < 1.29 is 9.21 Å². The first kappa shape index (κ1) is 16.6. The fourth-order valence-corrected chi connectivity index (χ4v) is 3.04. The molecule has 0 aliphatic carbocycles. The zero-order valence-corrected chi connectivity index (χ0v) is 14.5. The van der Waals surface area contributed by atoms with Gasteiger partial charge < -0.3 is 14.3 Å². The van der Waals surface area contributed by atoms with Crippen LogP contribution in [0, 0.1) is 0 Å². The molecule has 0 aliphatic rings. The standard InChI is InChI=1S/C16H15ClN4O2S/c1-21-15(13-6-3-7-23-13)19-20-16(21)24-10-14(22)18-9-11-4-2-5-12(17)8-11/h2-8H,9-10H2,1H3,(H,18,22). The molecule has 24 heavy (non-hydrogen) atoms. The minimum atomic E-state index is -0.0810. The summed E-state index contributed by atoms with van der Waals surface area (Å²) in [4.78, 5) is 12.0. The number of hydrogen-bond donors (Lipinski definition) is 1. The van der Waals surface area contributed by atoms with E-state index >= 15 is 0 Å². The molecule has 0 saturated heterocycles. The van der Waals surface area contributed by atoms with Crippen LogP contribution in [0.5, 0.6) is 0 Å². The van der Waals surface area contributed by atoms with Gasteiger partial charge in [-0.3, -0.25) is 4.79 Å². The third-order valence-corrected chi connectivity index (χ3v) is 4.54. The Kier molecular flexibility index (Phi) is 5.22. The summed E-state index contributed by atoms with van der Waals surface area (Å²) in [6, 6.07) is 11.0. The van der Waals surface area contributed by atoms with E-state index in [0.29, 0.717) is 28.3 Å². The fourth-order valence-electron chi connectivity index (χ4n) is 2.09. The van der Waals surface area contributed by atoms with E-state index in [1.807, 2.05) is 31.3 Å². The lowest BCUT2D eigenvalue weighted by molar-refractivity contribution is -0.118. The molecule has 6 nitrogen and oxygen atoms in total. The zero-order chi connectivity index (χ0) is 16.9. The first-order valence-electron chi connectivity index (χ1n) is 7.20. The number of halogens is 1. The SMILES string of the molecule is Cn1c(SCC(=O)NCc2cccc(Cl)c2)nnc1-c1ccco1. The third-order valence-electron chi connectivity index (χ3n) is 3.29. The summed E-state index contributed by atoms with van der Waals surface area (Å²) < 4.78 is 7.11. The van der Waals surface area contributed by atoms with E-state index in [4.69, 9.17) is 16.0 Å². The van der Waals surface area contributed by atoms with Crippen LogP contribution in [0.15, 0.2) is 52.2 Å². The molecule has 0 spiro atoms. The van der Waals surface area contributed by atoms with Crippen LogP contribution < -0.4 is 5.32 Å². The van der Waals surface area contributed by atoms with E-state index in [9.17, 15) is 4.79 Å². The van der Waals surface area contributed by atoms with Crippen molar-refractivity contribution in [2.24, 2.45) is 7.05 Å². The van der Waals surface area contributed by atoms with Crippen molar-refractivity contribution in [1.82, 2.24) is 20.1 Å². The van der Waals surface area contributed by atoms with Gasteiger partial charge in [0.2, 0.25) is 5.91 Å². The molecule has 124 valence electrons. The summed E-state index contributed by atoms with van der Waals surface area (Å²) in [5.41, 5.74) is 0.958. The number of nitrogens with one attached hydrogen (secondary N) is 1. The molecule has 0 aliphatic heterocycles. The van der Waals surface area contributed by atoms with Crippen molar-refractivity contribution in [2.75, 3.05) is 5.75 Å². The summed E-state index contributed by atoms with van der Waals surface area (Å²) >= 11 is 7.24. The lowest BCUT2D eigenvalue weighted by Gasteiger charge is -2.06. The normalized spacial score (nSPS) is 10.8. The van der Waals surface area contributed by atoms with Crippen molar-refractivity contribution >= 4 is 29.3 Å². The van der Waals surface area contributed by atoms with Gasteiger partial charge in [0.05, 0.1) is 12.0 Å². The Hall–Kier alpha value is -2.25. The number of rotatable bonds is 6. The summed E-state index contributed by atoms with van der Waals surface area (Å²) in [7, 11) is 1.84. The van der Waals surface area contributed by atoms with Gasteiger partial charge in [0, 0.05) is 18.6 Å². The Morgan fingerprint density at radius 2 is 2.21 bits per heavy atom. The number of carbonyl (C=O) groups excluding carboxylic acids is 1. The first-order chi connectivity index (χ1) is 11.6. The average molecular weight is 363 g/mol. The van der Waals surface area contributed by atoms with Crippen molar-refractivity contribution in [2.45, 2.75) is 11.7 Å². The molecule has 0 fully saturated rings. The van der Waals surface area contributed by atoms with Crippen LogP contribution >= 0.6 is 23.4 Å². The Morgan fingerprint density at radius 1 is 1.33 bits per heavy atom. The average Bonchev–Trinajstić information content (AvgIpc) is 3.21. The van der Waals surface area contributed by atoms with Crippen LogP contribution in [-0.2, 0) is 18.4 Å². The van der Waals surface area contributed by atoms with Crippen LogP contribution in [-0.4, -0.2) is 26.4 Å². The molecule has 8 heteroatoms. The number of aromatic nitrogens is 3. The van der Waals surface area contributed by atoms with Crippen LogP contribution in [0.3, 0.4) is 0 Å². The topological polar surface area (TPSA) is 73.0 Å². The zero-order valence-electron chi connectivity index (χ0n) is 12.9. The van der Waals surface area contributed by atoms with Crippen molar-refractivity contribution in [3.63, 3.8) is 0 Å². The Morgan fingerprint density at radius 3 is 2.96 bits per heavy atom. The number of thioether (sulfide) groups is 1. The molecule has 0 unspecified atom stereocenters. The largest absolute Gasteiger partial charge is 0.461 e. The second-order valence-electron chi connectivity index (χ2n) is 5.04. The van der Waals surface area contributed by atoms with E-state index < -0.39 is 0 Å². The van der Waals surface area contributed by atoms with E-state index in [-0.39, 0.29) is 11.7 Å². The first-order valence-corrected chi connectivity index (χ1v) is 8.57. The van der Waals surface area contributed by atoms with E-state index in [1.54, 1.807) is 23.0 Å². The van der Waals surface area contributed by atoms with E-state index in [2.05, 4.69) is 15.5 Å². The minimum Gasteiger partial charge on any atom is -0.461 e. The Labute approximate surface area is 148 Å². The van der Waals surface area contributed by atoms with Crippen LogP contribution in [0.4, 0.5) is 0 Å². The van der Waals surface area contributed by atoms with Crippen molar-refractivity contribution in [3.8, 4) is 11.6 Å². The van der Waals surface area contributed by atoms with Crippen molar-refractivity contribution in [1.29, 1.82) is 0 Å². The van der Waals surface area contributed by atoms with Gasteiger partial charge in [0.25, 0.3) is 0 Å². The van der Waals surface area contributed by atoms with Gasteiger partial charge in [-0.2, -0.15) is 0 Å². The molecule has 3 rings (SSSR count). The van der Waals surface area contributed by atoms with Gasteiger partial charge in [-0.05, 0) is 29.8 Å². The molecule has 3 aromatic rings. The smallest absolute Gasteiger partial charge is 0.230 e. The van der Waals surface area contributed by atoms with E-state index in [0.717, 1.165) is 5.56 Å². The second-order valence-corrected chi connectivity index (χ2v) is 6.42. The predicted molar refractivity (Wildman–Crippen MR) is 92.7 cm³/mol. The number of nitrogens with zero attached hydrogens (tertiary/aromatic N) is 3. The van der Waals surface area contributed by atoms with Crippen molar-refractivity contribution in [3.05, 3.63) is 53.2 Å². The predicted octanol–water partition coefficient (Wildman–Crippen LogP) is 3.14. The maximum atomic E-state index is 12.0. The molecule has 0 radical (unpaired) electrons. The highest BCUT2D eigenvalue weighted by Crippen LogP contribution is 2.22. The van der Waals surface area contributed by atoms with Gasteiger partial charge in [0.15, 0.2) is 16.7 Å². The Balaban J connectivity index is 1.53. The van der Waals surface area contributed by atoms with Gasteiger partial charge in [-0.15, -0.1) is 10.2 Å². The highest BCUT2D eigenvalue weighted by molar-refractivity contribution is 7.99. The third kappa shape index (κ3) is 3.98. The molecular weight excluding hydrogens is 348 g/mol. The molecule has 1 aromatic carbocycles. The minimum absolute atomic E-state index is 0.0810. The molecule has 0 bridgehead atoms. The summed E-state index contributed by atoms with van der Waals surface area (Å²) in [5, 5.41) is 12.3. The number of benzene rings is 1. The van der Waals surface area contributed by atoms with Gasteiger partial charge in [-0.25, -0.2) is 0 Å². The molecule has 0 saturated carbocycles. The molecule has 0 atom stereocenters. The van der Waals surface area contributed by atoms with Crippen LogP contribution in [0.25, 0.3) is 11.6 Å². The maximum absolute atomic E-state index is 12.0. The Bertz CT molecular complexity index is 832. The number of hydrogen-bond acceptors (Lipinski definition) is 5. The summed E-state index contributed by atoms with van der Waals surface area (Å²) in [6.07, 6.45) is 1.58. The lowest BCUT2D eigenvalue weighted by atomic mass is 10.2. The van der Waals surface area contributed by atoms with Crippen LogP contribution in [0.2, 0.25) is 5.02 Å². The monoisotopic (exact) mass is 362 g/mol. The van der Waals surface area contributed by atoms with Gasteiger partial charge in [-0.1, -0.05) is 35.5 Å². The summed E-state index contributed by atoms with van der Waals surface area (Å²) in [6.45, 7) is 0.441. The number of amides is 1. The second kappa shape index (κ2) is 7.55. The van der Waals surface area contributed by atoms with Gasteiger partial charge >= 0.3 is 0 Å². The van der Waals surface area contributed by atoms with Gasteiger partial charge in [0.1, 0.15) is 0 Å². The molecule has 1 N–H and O–H groups in total. The van der Waals surface area contributed by atoms with E-state index in [1.165, 1.54) is 11.8 Å². The lowest BCUT2D eigenvalue weighted by Crippen LogP contribution is -2.24. The molecule has 1 amide bonds. The number of furan rings is 1. The maximum Gasteiger partial charge on any atom is 0.230 e. The number of carbonyl (C=O) groups is 1. The summed E-state index contributed by atoms with van der Waals surface area (Å²) in [5.74, 6) is 1.44. The highest BCUT2D eigenvalue weighted by atomic mass is 35.5. The van der Waals surface area contributed by atoms with Crippen LogP contribution in [0.1, 0.15) is 5.56 Å². The highest BCUT2D eigenvalue weighted by Gasteiger charge is 2.14. The quantitative estimate of drug-likeness (QED) is 0.682. The molecule has 2 aromatic heterocycles. The molecular formula is C16H15ClN4O2S. The molecule has 2 heterocycles.